The van der Waals surface area contributed by atoms with E-state index in [4.69, 9.17) is 9.47 Å². The Hall–Kier alpha value is -0.930. The monoisotopic (exact) mass is 302 g/mol. The van der Waals surface area contributed by atoms with E-state index in [1.807, 2.05) is 18.2 Å². The third kappa shape index (κ3) is 3.09. The van der Waals surface area contributed by atoms with Crippen molar-refractivity contribution in [3.8, 4) is 5.75 Å². The molecule has 0 atom stereocenters. The van der Waals surface area contributed by atoms with Crippen molar-refractivity contribution in [2.75, 3.05) is 7.11 Å². The summed E-state index contributed by atoms with van der Waals surface area (Å²) >= 11 is 2.26. The van der Waals surface area contributed by atoms with Gasteiger partial charge in [0.2, 0.25) is 0 Å². The van der Waals surface area contributed by atoms with Crippen molar-refractivity contribution in [3.05, 3.63) is 45.9 Å². The first-order chi connectivity index (χ1) is 6.77. The lowest BCUT2D eigenvalue weighted by molar-refractivity contribution is 0.236. The topological polar surface area (TPSA) is 18.5 Å². The van der Waals surface area contributed by atoms with E-state index in [0.717, 1.165) is 14.9 Å². The van der Waals surface area contributed by atoms with Gasteiger partial charge in [0.15, 0.2) is 0 Å². The highest BCUT2D eigenvalue weighted by Crippen LogP contribution is 2.19. The summed E-state index contributed by atoms with van der Waals surface area (Å²) in [6, 6.07) is 5.88. The quantitative estimate of drug-likeness (QED) is 0.483. The van der Waals surface area contributed by atoms with E-state index in [9.17, 15) is 0 Å². The summed E-state index contributed by atoms with van der Waals surface area (Å²) in [5.41, 5.74) is 3.65. The highest BCUT2D eigenvalue weighted by atomic mass is 127. The summed E-state index contributed by atoms with van der Waals surface area (Å²) in [7, 11) is 1.65. The molecule has 0 aromatic heterocycles. The van der Waals surface area contributed by atoms with Crippen LogP contribution >= 0.6 is 22.6 Å². The number of hydrogen-bond acceptors (Lipinski definition) is 2. The molecular formula is C11H11IO2. The molecule has 0 aliphatic heterocycles. The molecule has 0 radical (unpaired) electrons. The van der Waals surface area contributed by atoms with Crippen LogP contribution in [-0.2, 0) is 11.3 Å². The molecule has 1 rings (SSSR count). The Labute approximate surface area is 97.4 Å². The van der Waals surface area contributed by atoms with E-state index < -0.39 is 0 Å². The molecule has 0 aliphatic carbocycles. The smallest absolute Gasteiger partial charge is 0.125 e. The van der Waals surface area contributed by atoms with Gasteiger partial charge in [-0.1, -0.05) is 12.3 Å². The van der Waals surface area contributed by atoms with Crippen molar-refractivity contribution < 1.29 is 9.47 Å². The van der Waals surface area contributed by atoms with Gasteiger partial charge in [-0.15, -0.1) is 0 Å². The lowest BCUT2D eigenvalue weighted by atomic mass is 10.2. The standard InChI is InChI=1S/C11H11IO2/c1-3-6-14-8-9-7-10(13-2)4-5-11(9)12/h4-7H,1,8H2,2H3. The first-order valence-corrected chi connectivity index (χ1v) is 5.14. The molecule has 0 bridgehead atoms. The van der Waals surface area contributed by atoms with Crippen LogP contribution in [0.15, 0.2) is 36.8 Å². The molecule has 1 aromatic rings. The first kappa shape index (κ1) is 11.1. The van der Waals surface area contributed by atoms with Crippen LogP contribution in [0.3, 0.4) is 0 Å². The second-order valence-corrected chi connectivity index (χ2v) is 3.75. The van der Waals surface area contributed by atoms with Crippen LogP contribution < -0.4 is 4.74 Å². The Balaban J connectivity index is 2.78. The largest absolute Gasteiger partial charge is 0.497 e. The van der Waals surface area contributed by atoms with Gasteiger partial charge in [0.25, 0.3) is 0 Å². The van der Waals surface area contributed by atoms with E-state index in [0.29, 0.717) is 6.61 Å². The average molecular weight is 302 g/mol. The second-order valence-electron chi connectivity index (χ2n) is 2.59. The number of hydrogen-bond donors (Lipinski definition) is 0. The van der Waals surface area contributed by atoms with Crippen molar-refractivity contribution in [1.29, 1.82) is 0 Å². The van der Waals surface area contributed by atoms with E-state index in [-0.39, 0.29) is 0 Å². The summed E-state index contributed by atoms with van der Waals surface area (Å²) in [6.45, 7) is 3.93. The molecule has 0 amide bonds. The van der Waals surface area contributed by atoms with Gasteiger partial charge in [0.05, 0.1) is 7.11 Å². The van der Waals surface area contributed by atoms with Crippen LogP contribution in [-0.4, -0.2) is 7.11 Å². The lowest BCUT2D eigenvalue weighted by Gasteiger charge is -2.06. The first-order valence-electron chi connectivity index (χ1n) is 4.06. The van der Waals surface area contributed by atoms with Crippen LogP contribution in [0.5, 0.6) is 5.75 Å². The Bertz CT molecular complexity index is 354. The summed E-state index contributed by atoms with van der Waals surface area (Å²) in [6.07, 6.45) is 1.45. The maximum Gasteiger partial charge on any atom is 0.125 e. The fourth-order valence-electron chi connectivity index (χ4n) is 0.979. The summed E-state index contributed by atoms with van der Waals surface area (Å²) in [4.78, 5) is 0. The van der Waals surface area contributed by atoms with Gasteiger partial charge in [-0.2, -0.15) is 0 Å². The van der Waals surface area contributed by atoms with Gasteiger partial charge in [-0.05, 0) is 40.8 Å². The SMILES string of the molecule is C=C=COCc1cc(OC)ccc1I. The van der Waals surface area contributed by atoms with Crippen LogP contribution in [0, 0.1) is 3.57 Å². The number of methoxy groups -OCH3 is 1. The van der Waals surface area contributed by atoms with Gasteiger partial charge < -0.3 is 9.47 Å². The summed E-state index contributed by atoms with van der Waals surface area (Å²) < 4.78 is 11.5. The Kier molecular flexibility index (Phi) is 4.56. The summed E-state index contributed by atoms with van der Waals surface area (Å²) in [5, 5.41) is 0. The fourth-order valence-corrected chi connectivity index (χ4v) is 1.47. The zero-order chi connectivity index (χ0) is 10.4. The third-order valence-electron chi connectivity index (χ3n) is 1.66. The zero-order valence-corrected chi connectivity index (χ0v) is 10.1. The maximum atomic E-state index is 5.19. The lowest BCUT2D eigenvalue weighted by Crippen LogP contribution is -1.92. The molecule has 2 nitrogen and oxygen atoms in total. The predicted molar refractivity (Wildman–Crippen MR) is 64.2 cm³/mol. The van der Waals surface area contributed by atoms with Crippen LogP contribution in [0.1, 0.15) is 5.56 Å². The molecule has 0 saturated heterocycles. The van der Waals surface area contributed by atoms with Gasteiger partial charge in [0.1, 0.15) is 18.6 Å². The number of benzene rings is 1. The molecule has 0 aliphatic rings. The van der Waals surface area contributed by atoms with Crippen molar-refractivity contribution in [3.63, 3.8) is 0 Å². The highest BCUT2D eigenvalue weighted by molar-refractivity contribution is 14.1. The normalized spacial score (nSPS) is 9.00. The molecular weight excluding hydrogens is 291 g/mol. The molecule has 0 N–H and O–H groups in total. The molecule has 14 heavy (non-hydrogen) atoms. The molecule has 0 saturated carbocycles. The van der Waals surface area contributed by atoms with Crippen molar-refractivity contribution in [2.24, 2.45) is 0 Å². The Morgan fingerprint density at radius 3 is 3.00 bits per heavy atom. The second kappa shape index (κ2) is 5.73. The Morgan fingerprint density at radius 2 is 2.36 bits per heavy atom. The van der Waals surface area contributed by atoms with Crippen LogP contribution in [0.2, 0.25) is 0 Å². The highest BCUT2D eigenvalue weighted by Gasteiger charge is 2.01. The molecule has 0 fully saturated rings. The van der Waals surface area contributed by atoms with Gasteiger partial charge >= 0.3 is 0 Å². The van der Waals surface area contributed by atoms with Gasteiger partial charge in [-0.25, -0.2) is 0 Å². The fraction of sp³-hybridized carbons (Fsp3) is 0.182. The van der Waals surface area contributed by atoms with Crippen molar-refractivity contribution >= 4 is 22.6 Å². The molecule has 3 heteroatoms. The van der Waals surface area contributed by atoms with E-state index >= 15 is 0 Å². The van der Waals surface area contributed by atoms with Crippen molar-refractivity contribution in [2.45, 2.75) is 6.61 Å². The minimum absolute atomic E-state index is 0.512. The maximum absolute atomic E-state index is 5.19. The molecule has 1 aromatic carbocycles. The number of halogens is 1. The van der Waals surface area contributed by atoms with Crippen molar-refractivity contribution in [1.82, 2.24) is 0 Å². The number of ether oxygens (including phenoxy) is 2. The minimum Gasteiger partial charge on any atom is -0.497 e. The predicted octanol–water partition coefficient (Wildman–Crippen LogP) is 3.12. The van der Waals surface area contributed by atoms with Gasteiger partial charge in [0, 0.05) is 9.13 Å². The number of rotatable bonds is 4. The molecule has 0 spiro atoms. The molecule has 0 heterocycles. The van der Waals surface area contributed by atoms with Crippen LogP contribution in [0.4, 0.5) is 0 Å². The minimum atomic E-state index is 0.512. The van der Waals surface area contributed by atoms with E-state index in [1.54, 1.807) is 7.11 Å². The van der Waals surface area contributed by atoms with E-state index in [1.165, 1.54) is 6.26 Å². The zero-order valence-electron chi connectivity index (χ0n) is 7.92. The van der Waals surface area contributed by atoms with E-state index in [2.05, 4.69) is 34.9 Å². The average Bonchev–Trinajstić information content (AvgIpc) is 2.21. The summed E-state index contributed by atoms with van der Waals surface area (Å²) in [5.74, 6) is 0.839. The molecule has 74 valence electrons. The van der Waals surface area contributed by atoms with Gasteiger partial charge in [-0.3, -0.25) is 0 Å². The van der Waals surface area contributed by atoms with Crippen LogP contribution in [0.25, 0.3) is 0 Å². The third-order valence-corrected chi connectivity index (χ3v) is 2.71. The molecule has 0 unspecified atom stereocenters. The Morgan fingerprint density at radius 1 is 1.57 bits per heavy atom.